The lowest BCUT2D eigenvalue weighted by Crippen LogP contribution is -2.02. The molecule has 0 amide bonds. The van der Waals surface area contributed by atoms with Crippen LogP contribution in [0.15, 0.2) is 29.9 Å². The van der Waals surface area contributed by atoms with E-state index in [1.54, 1.807) is 36.8 Å². The molecule has 17 heavy (non-hydrogen) atoms. The minimum atomic E-state index is -0.939. The molecule has 0 fully saturated rings. The summed E-state index contributed by atoms with van der Waals surface area (Å²) in [7, 11) is 0. The van der Waals surface area contributed by atoms with Crippen LogP contribution >= 0.6 is 11.3 Å². The fraction of sp³-hybridized carbons (Fsp3) is 0.167. The van der Waals surface area contributed by atoms with Crippen molar-refractivity contribution in [3.05, 3.63) is 45.9 Å². The molecule has 0 atom stereocenters. The van der Waals surface area contributed by atoms with Crippen molar-refractivity contribution in [2.45, 2.75) is 13.5 Å². The normalized spacial score (nSPS) is 10.2. The van der Waals surface area contributed by atoms with Gasteiger partial charge in [0.2, 0.25) is 0 Å². The van der Waals surface area contributed by atoms with Gasteiger partial charge in [0, 0.05) is 11.8 Å². The number of carbonyl (C=O) groups is 1. The van der Waals surface area contributed by atoms with Crippen LogP contribution in [0, 0.1) is 6.92 Å². The lowest BCUT2D eigenvalue weighted by molar-refractivity contribution is 0.0695. The number of ether oxygens (including phenoxy) is 1. The molecule has 1 aromatic carbocycles. The van der Waals surface area contributed by atoms with Crippen LogP contribution in [0.3, 0.4) is 0 Å². The molecule has 0 aliphatic rings. The van der Waals surface area contributed by atoms with Crippen LogP contribution in [-0.4, -0.2) is 16.1 Å². The number of carboxylic acids is 1. The predicted octanol–water partition coefficient (Wildman–Crippen LogP) is 2.73. The van der Waals surface area contributed by atoms with E-state index in [1.165, 1.54) is 11.3 Å². The van der Waals surface area contributed by atoms with Crippen molar-refractivity contribution < 1.29 is 14.6 Å². The Labute approximate surface area is 103 Å². The van der Waals surface area contributed by atoms with Crippen molar-refractivity contribution in [3.63, 3.8) is 0 Å². The Balaban J connectivity index is 2.16. The van der Waals surface area contributed by atoms with E-state index in [4.69, 9.17) is 9.84 Å². The van der Waals surface area contributed by atoms with Crippen molar-refractivity contribution in [2.75, 3.05) is 0 Å². The topological polar surface area (TPSA) is 59.4 Å². The Hall–Kier alpha value is -1.88. The molecule has 0 spiro atoms. The van der Waals surface area contributed by atoms with E-state index in [0.29, 0.717) is 17.9 Å². The van der Waals surface area contributed by atoms with Crippen LogP contribution in [0.5, 0.6) is 5.75 Å². The van der Waals surface area contributed by atoms with Gasteiger partial charge >= 0.3 is 5.97 Å². The lowest BCUT2D eigenvalue weighted by Gasteiger charge is -2.09. The molecule has 1 aromatic heterocycles. The minimum absolute atomic E-state index is 0.270. The smallest absolute Gasteiger partial charge is 0.336 e. The summed E-state index contributed by atoms with van der Waals surface area (Å²) in [6.07, 6.45) is 1.74. The Morgan fingerprint density at radius 2 is 2.35 bits per heavy atom. The zero-order valence-electron chi connectivity index (χ0n) is 9.21. The summed E-state index contributed by atoms with van der Waals surface area (Å²) in [5.41, 5.74) is 2.65. The van der Waals surface area contributed by atoms with Gasteiger partial charge in [-0.1, -0.05) is 6.07 Å². The third kappa shape index (κ3) is 2.62. The van der Waals surface area contributed by atoms with Gasteiger partial charge in [-0.25, -0.2) is 4.79 Å². The predicted molar refractivity (Wildman–Crippen MR) is 64.6 cm³/mol. The van der Waals surface area contributed by atoms with Gasteiger partial charge in [0.1, 0.15) is 12.4 Å². The van der Waals surface area contributed by atoms with E-state index in [9.17, 15) is 4.79 Å². The Morgan fingerprint density at radius 1 is 1.53 bits per heavy atom. The number of nitrogens with zero attached hydrogens (tertiary/aromatic N) is 1. The zero-order chi connectivity index (χ0) is 12.3. The highest BCUT2D eigenvalue weighted by atomic mass is 32.1. The van der Waals surface area contributed by atoms with Gasteiger partial charge in [-0.15, -0.1) is 11.3 Å². The molecule has 0 radical (unpaired) electrons. The number of aromatic carboxylic acids is 1. The number of aromatic nitrogens is 1. The average molecular weight is 249 g/mol. The molecule has 2 rings (SSSR count). The fourth-order valence-electron chi connectivity index (χ4n) is 1.46. The molecule has 0 saturated carbocycles. The number of rotatable bonds is 4. The highest BCUT2D eigenvalue weighted by Gasteiger charge is 2.10. The lowest BCUT2D eigenvalue weighted by atomic mass is 10.1. The molecule has 0 bridgehead atoms. The molecule has 5 heteroatoms. The monoisotopic (exact) mass is 249 g/mol. The maximum absolute atomic E-state index is 10.9. The summed E-state index contributed by atoms with van der Waals surface area (Å²) >= 11 is 1.51. The SMILES string of the molecule is Cc1c(OCc2cncs2)cccc1C(=O)O. The molecule has 0 unspecified atom stereocenters. The third-order valence-electron chi connectivity index (χ3n) is 2.37. The molecule has 1 N–H and O–H groups in total. The largest absolute Gasteiger partial charge is 0.488 e. The minimum Gasteiger partial charge on any atom is -0.488 e. The van der Waals surface area contributed by atoms with Gasteiger partial charge in [-0.2, -0.15) is 0 Å². The summed E-state index contributed by atoms with van der Waals surface area (Å²) < 4.78 is 5.58. The van der Waals surface area contributed by atoms with Crippen molar-refractivity contribution in [2.24, 2.45) is 0 Å². The van der Waals surface area contributed by atoms with Crippen molar-refractivity contribution >= 4 is 17.3 Å². The van der Waals surface area contributed by atoms with Crippen LogP contribution in [0.2, 0.25) is 0 Å². The second kappa shape index (κ2) is 4.97. The number of carboxylic acid groups (broad SMARTS) is 1. The molecule has 4 nitrogen and oxygen atoms in total. The molecular weight excluding hydrogens is 238 g/mol. The van der Waals surface area contributed by atoms with Crippen LogP contribution in [0.25, 0.3) is 0 Å². The summed E-state index contributed by atoms with van der Waals surface area (Å²) in [4.78, 5) is 15.9. The van der Waals surface area contributed by atoms with Gasteiger partial charge in [0.25, 0.3) is 0 Å². The Morgan fingerprint density at radius 3 is 3.00 bits per heavy atom. The molecule has 0 aliphatic carbocycles. The van der Waals surface area contributed by atoms with Crippen LogP contribution < -0.4 is 4.74 Å². The van der Waals surface area contributed by atoms with Gasteiger partial charge in [-0.05, 0) is 19.1 Å². The average Bonchev–Trinajstić information content (AvgIpc) is 2.80. The first-order valence-corrected chi connectivity index (χ1v) is 5.89. The van der Waals surface area contributed by atoms with Crippen molar-refractivity contribution in [1.29, 1.82) is 0 Å². The summed E-state index contributed by atoms with van der Waals surface area (Å²) in [5.74, 6) is -0.343. The Bertz CT molecular complexity index is 523. The number of hydrogen-bond donors (Lipinski definition) is 1. The summed E-state index contributed by atoms with van der Waals surface area (Å²) in [6, 6.07) is 5.01. The van der Waals surface area contributed by atoms with E-state index in [0.717, 1.165) is 4.88 Å². The van der Waals surface area contributed by atoms with Crippen LogP contribution in [-0.2, 0) is 6.61 Å². The van der Waals surface area contributed by atoms with Gasteiger partial charge < -0.3 is 9.84 Å². The first kappa shape index (κ1) is 11.6. The summed E-state index contributed by atoms with van der Waals surface area (Å²) in [6.45, 7) is 2.15. The third-order valence-corrected chi connectivity index (χ3v) is 3.12. The number of thiazole rings is 1. The van der Waals surface area contributed by atoms with Gasteiger partial charge in [0.05, 0.1) is 16.0 Å². The molecule has 2 aromatic rings. The zero-order valence-corrected chi connectivity index (χ0v) is 10.0. The molecule has 1 heterocycles. The van der Waals surface area contributed by atoms with E-state index in [-0.39, 0.29) is 5.56 Å². The maximum atomic E-state index is 10.9. The van der Waals surface area contributed by atoms with Gasteiger partial charge in [0.15, 0.2) is 0 Å². The highest BCUT2D eigenvalue weighted by molar-refractivity contribution is 7.09. The number of hydrogen-bond acceptors (Lipinski definition) is 4. The molecule has 0 aliphatic heterocycles. The van der Waals surface area contributed by atoms with Crippen molar-refractivity contribution in [1.82, 2.24) is 4.98 Å². The standard InChI is InChI=1S/C12H11NO3S/c1-8-10(12(14)15)3-2-4-11(8)16-6-9-5-13-7-17-9/h2-5,7H,6H2,1H3,(H,14,15). The first-order chi connectivity index (χ1) is 8.18. The fourth-order valence-corrected chi connectivity index (χ4v) is 1.97. The van der Waals surface area contributed by atoms with E-state index < -0.39 is 5.97 Å². The van der Waals surface area contributed by atoms with E-state index >= 15 is 0 Å². The van der Waals surface area contributed by atoms with Crippen LogP contribution in [0.4, 0.5) is 0 Å². The van der Waals surface area contributed by atoms with Crippen LogP contribution in [0.1, 0.15) is 20.8 Å². The van der Waals surface area contributed by atoms with Gasteiger partial charge in [-0.3, -0.25) is 4.98 Å². The van der Waals surface area contributed by atoms with E-state index in [2.05, 4.69) is 4.98 Å². The number of benzene rings is 1. The van der Waals surface area contributed by atoms with Crippen molar-refractivity contribution in [3.8, 4) is 5.75 Å². The maximum Gasteiger partial charge on any atom is 0.336 e. The Kier molecular flexibility index (Phi) is 3.39. The molecule has 0 saturated heterocycles. The van der Waals surface area contributed by atoms with E-state index in [1.807, 2.05) is 0 Å². The quantitative estimate of drug-likeness (QED) is 0.905. The second-order valence-electron chi connectivity index (χ2n) is 3.49. The highest BCUT2D eigenvalue weighted by Crippen LogP contribution is 2.22. The summed E-state index contributed by atoms with van der Waals surface area (Å²) in [5, 5.41) is 8.98. The first-order valence-electron chi connectivity index (χ1n) is 5.01. The molecular formula is C12H11NO3S. The second-order valence-corrected chi connectivity index (χ2v) is 4.46. The molecule has 88 valence electrons.